The Hall–Kier alpha value is -2.33. The van der Waals surface area contributed by atoms with E-state index in [1.54, 1.807) is 7.11 Å². The SMILES string of the molecule is COc1ccccc1COCCCOc1ccc2c(c1)CCC2=O. The number of aryl methyl sites for hydroxylation is 1. The highest BCUT2D eigenvalue weighted by Gasteiger charge is 2.19. The fourth-order valence-electron chi connectivity index (χ4n) is 2.88. The molecule has 0 aliphatic heterocycles. The van der Waals surface area contributed by atoms with Gasteiger partial charge in [-0.05, 0) is 36.2 Å². The van der Waals surface area contributed by atoms with E-state index in [0.717, 1.165) is 41.0 Å². The first-order valence-corrected chi connectivity index (χ1v) is 8.26. The maximum absolute atomic E-state index is 11.6. The molecule has 0 bridgehead atoms. The number of ether oxygens (including phenoxy) is 3. The van der Waals surface area contributed by atoms with Gasteiger partial charge >= 0.3 is 0 Å². The summed E-state index contributed by atoms with van der Waals surface area (Å²) in [4.78, 5) is 11.6. The fraction of sp³-hybridized carbons (Fsp3) is 0.350. The van der Waals surface area contributed by atoms with Crippen LogP contribution in [-0.4, -0.2) is 26.1 Å². The van der Waals surface area contributed by atoms with Gasteiger partial charge in [0.2, 0.25) is 0 Å². The zero-order valence-electron chi connectivity index (χ0n) is 13.9. The standard InChI is InChI=1S/C20H22O4/c1-22-20-6-3-2-5-16(20)14-23-11-4-12-24-17-8-9-18-15(13-17)7-10-19(18)21/h2-3,5-6,8-9,13H,4,7,10-12,14H2,1H3. The number of rotatable bonds is 8. The van der Waals surface area contributed by atoms with Crippen LogP contribution >= 0.6 is 0 Å². The molecule has 24 heavy (non-hydrogen) atoms. The minimum Gasteiger partial charge on any atom is -0.496 e. The highest BCUT2D eigenvalue weighted by Crippen LogP contribution is 2.26. The third kappa shape index (κ3) is 3.95. The molecule has 0 spiro atoms. The van der Waals surface area contributed by atoms with E-state index >= 15 is 0 Å². The molecule has 4 heteroatoms. The smallest absolute Gasteiger partial charge is 0.163 e. The predicted molar refractivity (Wildman–Crippen MR) is 91.9 cm³/mol. The second-order valence-corrected chi connectivity index (χ2v) is 5.81. The zero-order chi connectivity index (χ0) is 16.8. The second kappa shape index (κ2) is 7.97. The predicted octanol–water partition coefficient (Wildman–Crippen LogP) is 3.81. The Kier molecular flexibility index (Phi) is 5.49. The van der Waals surface area contributed by atoms with Crippen LogP contribution < -0.4 is 9.47 Å². The van der Waals surface area contributed by atoms with E-state index in [2.05, 4.69) is 0 Å². The van der Waals surface area contributed by atoms with E-state index < -0.39 is 0 Å². The highest BCUT2D eigenvalue weighted by atomic mass is 16.5. The molecule has 3 rings (SSSR count). The maximum Gasteiger partial charge on any atom is 0.163 e. The van der Waals surface area contributed by atoms with Crippen LogP contribution in [-0.2, 0) is 17.8 Å². The van der Waals surface area contributed by atoms with Gasteiger partial charge in [-0.1, -0.05) is 18.2 Å². The molecule has 0 N–H and O–H groups in total. The van der Waals surface area contributed by atoms with E-state index in [-0.39, 0.29) is 5.78 Å². The Balaban J connectivity index is 1.38. The number of para-hydroxylation sites is 1. The number of hydrogen-bond acceptors (Lipinski definition) is 4. The quantitative estimate of drug-likeness (QED) is 0.692. The average molecular weight is 326 g/mol. The summed E-state index contributed by atoms with van der Waals surface area (Å²) < 4.78 is 16.7. The van der Waals surface area contributed by atoms with Gasteiger partial charge in [0.15, 0.2) is 5.78 Å². The minimum atomic E-state index is 0.237. The molecule has 126 valence electrons. The zero-order valence-corrected chi connectivity index (χ0v) is 13.9. The van der Waals surface area contributed by atoms with Gasteiger partial charge < -0.3 is 14.2 Å². The monoisotopic (exact) mass is 326 g/mol. The van der Waals surface area contributed by atoms with Gasteiger partial charge in [-0.3, -0.25) is 4.79 Å². The van der Waals surface area contributed by atoms with Gasteiger partial charge in [0, 0.05) is 24.0 Å². The van der Waals surface area contributed by atoms with Crippen molar-refractivity contribution in [1.29, 1.82) is 0 Å². The molecule has 2 aromatic rings. The molecule has 0 fully saturated rings. The van der Waals surface area contributed by atoms with E-state index in [1.807, 2.05) is 42.5 Å². The summed E-state index contributed by atoms with van der Waals surface area (Å²) in [6, 6.07) is 13.6. The van der Waals surface area contributed by atoms with Gasteiger partial charge in [-0.15, -0.1) is 0 Å². The van der Waals surface area contributed by atoms with Crippen molar-refractivity contribution in [1.82, 2.24) is 0 Å². The van der Waals surface area contributed by atoms with Crippen LogP contribution in [0.2, 0.25) is 0 Å². The van der Waals surface area contributed by atoms with Crippen molar-refractivity contribution in [3.8, 4) is 11.5 Å². The van der Waals surface area contributed by atoms with Crippen LogP contribution in [0.15, 0.2) is 42.5 Å². The molecule has 0 saturated heterocycles. The van der Waals surface area contributed by atoms with Crippen molar-refractivity contribution in [2.45, 2.75) is 25.9 Å². The van der Waals surface area contributed by atoms with E-state index in [1.165, 1.54) is 0 Å². The third-order valence-electron chi connectivity index (χ3n) is 4.15. The number of carbonyl (C=O) groups excluding carboxylic acids is 1. The number of benzene rings is 2. The van der Waals surface area contributed by atoms with Gasteiger partial charge in [0.25, 0.3) is 0 Å². The largest absolute Gasteiger partial charge is 0.496 e. The van der Waals surface area contributed by atoms with Crippen molar-refractivity contribution in [2.75, 3.05) is 20.3 Å². The van der Waals surface area contributed by atoms with E-state index in [4.69, 9.17) is 14.2 Å². The van der Waals surface area contributed by atoms with Gasteiger partial charge in [-0.2, -0.15) is 0 Å². The van der Waals surface area contributed by atoms with Crippen molar-refractivity contribution < 1.29 is 19.0 Å². The first-order valence-electron chi connectivity index (χ1n) is 8.26. The summed E-state index contributed by atoms with van der Waals surface area (Å²) in [5.41, 5.74) is 3.00. The summed E-state index contributed by atoms with van der Waals surface area (Å²) in [6.07, 6.45) is 2.26. The molecular weight excluding hydrogens is 304 g/mol. The number of ketones is 1. The van der Waals surface area contributed by atoms with Crippen LogP contribution in [0, 0.1) is 0 Å². The average Bonchev–Trinajstić information content (AvgIpc) is 2.99. The summed E-state index contributed by atoms with van der Waals surface area (Å²) in [6.45, 7) is 1.76. The van der Waals surface area contributed by atoms with Crippen LogP contribution in [0.5, 0.6) is 11.5 Å². The molecule has 0 saturated carbocycles. The number of hydrogen-bond donors (Lipinski definition) is 0. The molecule has 2 aromatic carbocycles. The Morgan fingerprint density at radius 2 is 1.92 bits per heavy atom. The molecule has 0 heterocycles. The maximum atomic E-state index is 11.6. The molecule has 0 aromatic heterocycles. The number of fused-ring (bicyclic) bond motifs is 1. The summed E-state index contributed by atoms with van der Waals surface area (Å²) in [5, 5.41) is 0. The molecule has 0 radical (unpaired) electrons. The lowest BCUT2D eigenvalue weighted by atomic mass is 10.1. The Morgan fingerprint density at radius 1 is 1.04 bits per heavy atom. The fourth-order valence-corrected chi connectivity index (χ4v) is 2.88. The van der Waals surface area contributed by atoms with Gasteiger partial charge in [0.1, 0.15) is 11.5 Å². The van der Waals surface area contributed by atoms with Crippen LogP contribution in [0.1, 0.15) is 34.3 Å². The van der Waals surface area contributed by atoms with Crippen molar-refractivity contribution in [2.24, 2.45) is 0 Å². The van der Waals surface area contributed by atoms with Crippen molar-refractivity contribution >= 4 is 5.78 Å². The topological polar surface area (TPSA) is 44.8 Å². The van der Waals surface area contributed by atoms with Gasteiger partial charge in [-0.25, -0.2) is 0 Å². The van der Waals surface area contributed by atoms with Crippen LogP contribution in [0.25, 0.3) is 0 Å². The number of carbonyl (C=O) groups is 1. The Labute approximate surface area is 142 Å². The highest BCUT2D eigenvalue weighted by molar-refractivity contribution is 6.00. The molecule has 1 aliphatic rings. The molecule has 0 unspecified atom stereocenters. The lowest BCUT2D eigenvalue weighted by Gasteiger charge is -2.10. The van der Waals surface area contributed by atoms with Crippen molar-refractivity contribution in [3.05, 3.63) is 59.2 Å². The summed E-state index contributed by atoms with van der Waals surface area (Å²) in [7, 11) is 1.66. The number of Topliss-reactive ketones (excluding diaryl/α,β-unsaturated/α-hetero) is 1. The van der Waals surface area contributed by atoms with E-state index in [9.17, 15) is 4.79 Å². The Bertz CT molecular complexity index is 709. The van der Waals surface area contributed by atoms with Crippen molar-refractivity contribution in [3.63, 3.8) is 0 Å². The first-order chi connectivity index (χ1) is 11.8. The minimum absolute atomic E-state index is 0.237. The van der Waals surface area contributed by atoms with Crippen LogP contribution in [0.4, 0.5) is 0 Å². The summed E-state index contributed by atoms with van der Waals surface area (Å²) in [5.74, 6) is 1.91. The lowest BCUT2D eigenvalue weighted by Crippen LogP contribution is -2.04. The molecule has 4 nitrogen and oxygen atoms in total. The Morgan fingerprint density at radius 3 is 2.79 bits per heavy atom. The second-order valence-electron chi connectivity index (χ2n) is 5.81. The molecule has 0 amide bonds. The first kappa shape index (κ1) is 16.5. The van der Waals surface area contributed by atoms with Crippen LogP contribution in [0.3, 0.4) is 0 Å². The third-order valence-corrected chi connectivity index (χ3v) is 4.15. The number of methoxy groups -OCH3 is 1. The summed E-state index contributed by atoms with van der Waals surface area (Å²) >= 11 is 0. The lowest BCUT2D eigenvalue weighted by molar-refractivity contribution is 0.0994. The molecule has 1 aliphatic carbocycles. The van der Waals surface area contributed by atoms with E-state index in [0.29, 0.717) is 26.2 Å². The molecule has 0 atom stereocenters. The van der Waals surface area contributed by atoms with Gasteiger partial charge in [0.05, 0.1) is 26.9 Å². The normalized spacial score (nSPS) is 13.0. The molecular formula is C20H22O4.